The molecule has 1 N–H and O–H groups in total. The van der Waals surface area contributed by atoms with E-state index < -0.39 is 47.9 Å². The minimum atomic E-state index is -5.21. The van der Waals surface area contributed by atoms with E-state index in [-0.39, 0.29) is 12.2 Å². The van der Waals surface area contributed by atoms with Gasteiger partial charge in [0.2, 0.25) is 0 Å². The van der Waals surface area contributed by atoms with Crippen molar-refractivity contribution in [3.05, 3.63) is 70.8 Å². The van der Waals surface area contributed by atoms with Crippen molar-refractivity contribution >= 4 is 12.1 Å². The Morgan fingerprint density at radius 1 is 1.03 bits per heavy atom. The average Bonchev–Trinajstić information content (AvgIpc) is 2.64. The Balaban J connectivity index is 2.11. The van der Waals surface area contributed by atoms with Crippen LogP contribution in [-0.2, 0) is 33.5 Å². The zero-order valence-corrected chi connectivity index (χ0v) is 15.1. The highest BCUT2D eigenvalue weighted by Gasteiger charge is 2.38. The second-order valence-electron chi connectivity index (χ2n) is 5.92. The molecule has 2 aromatic rings. The number of rotatable bonds is 6. The molecule has 1 unspecified atom stereocenters. The lowest BCUT2D eigenvalue weighted by Crippen LogP contribution is -2.43. The van der Waals surface area contributed by atoms with E-state index >= 15 is 0 Å². The van der Waals surface area contributed by atoms with Crippen molar-refractivity contribution in [3.8, 4) is 0 Å². The van der Waals surface area contributed by atoms with Crippen molar-refractivity contribution in [2.24, 2.45) is 0 Å². The van der Waals surface area contributed by atoms with Gasteiger partial charge in [0, 0.05) is 6.42 Å². The first kappa shape index (κ1) is 22.1. The number of carbonyl (C=O) groups is 2. The Labute approximate surface area is 162 Å². The quantitative estimate of drug-likeness (QED) is 0.570. The van der Waals surface area contributed by atoms with E-state index in [9.17, 15) is 31.5 Å². The van der Waals surface area contributed by atoms with Gasteiger partial charge in [-0.25, -0.2) is 18.4 Å². The predicted molar refractivity (Wildman–Crippen MR) is 90.6 cm³/mol. The SMILES string of the molecule is COC(=O)C(Cc1cc(F)c(C(F)(F)F)c(F)c1)NC(=O)OCc1ccccc1. The van der Waals surface area contributed by atoms with Gasteiger partial charge < -0.3 is 14.8 Å². The summed E-state index contributed by atoms with van der Waals surface area (Å²) in [6, 6.07) is 8.05. The fourth-order valence-corrected chi connectivity index (χ4v) is 2.49. The maximum Gasteiger partial charge on any atom is 0.422 e. The summed E-state index contributed by atoms with van der Waals surface area (Å²) < 4.78 is 74.9. The van der Waals surface area contributed by atoms with Crippen LogP contribution in [0.1, 0.15) is 16.7 Å². The van der Waals surface area contributed by atoms with Gasteiger partial charge in [-0.15, -0.1) is 0 Å². The summed E-state index contributed by atoms with van der Waals surface area (Å²) in [5.74, 6) is -4.63. The van der Waals surface area contributed by atoms with Crippen molar-refractivity contribution in [3.63, 3.8) is 0 Å². The van der Waals surface area contributed by atoms with E-state index in [1.165, 1.54) is 0 Å². The zero-order valence-electron chi connectivity index (χ0n) is 15.1. The van der Waals surface area contributed by atoms with Crippen molar-refractivity contribution in [1.82, 2.24) is 5.32 Å². The molecule has 0 bridgehead atoms. The van der Waals surface area contributed by atoms with Crippen molar-refractivity contribution in [2.75, 3.05) is 7.11 Å². The van der Waals surface area contributed by atoms with Crippen molar-refractivity contribution < 1.29 is 41.0 Å². The summed E-state index contributed by atoms with van der Waals surface area (Å²) in [6.07, 6.45) is -6.75. The average molecular weight is 417 g/mol. The molecule has 0 fully saturated rings. The van der Waals surface area contributed by atoms with E-state index in [1.54, 1.807) is 30.3 Å². The highest BCUT2D eigenvalue weighted by atomic mass is 19.4. The molecule has 0 saturated heterocycles. The summed E-state index contributed by atoms with van der Waals surface area (Å²) in [5, 5.41) is 2.17. The molecule has 156 valence electrons. The highest BCUT2D eigenvalue weighted by Crippen LogP contribution is 2.34. The molecular weight excluding hydrogens is 401 g/mol. The lowest BCUT2D eigenvalue weighted by Gasteiger charge is -2.17. The summed E-state index contributed by atoms with van der Waals surface area (Å²) in [7, 11) is 1.01. The number of halogens is 5. The number of carbonyl (C=O) groups excluding carboxylic acids is 2. The van der Waals surface area contributed by atoms with Gasteiger partial charge in [-0.2, -0.15) is 13.2 Å². The third-order valence-electron chi connectivity index (χ3n) is 3.82. The first-order valence-electron chi connectivity index (χ1n) is 8.22. The van der Waals surface area contributed by atoms with Gasteiger partial charge in [0.25, 0.3) is 0 Å². The van der Waals surface area contributed by atoms with Crippen LogP contribution in [0.15, 0.2) is 42.5 Å². The molecule has 0 aromatic heterocycles. The molecule has 0 aliphatic rings. The molecule has 29 heavy (non-hydrogen) atoms. The number of benzene rings is 2. The Morgan fingerprint density at radius 3 is 2.14 bits per heavy atom. The van der Waals surface area contributed by atoms with E-state index in [0.717, 1.165) is 7.11 Å². The van der Waals surface area contributed by atoms with Gasteiger partial charge in [-0.1, -0.05) is 30.3 Å². The molecule has 0 heterocycles. The number of amides is 1. The Bertz CT molecular complexity index is 848. The van der Waals surface area contributed by atoms with Gasteiger partial charge >= 0.3 is 18.2 Å². The van der Waals surface area contributed by atoms with Crippen LogP contribution >= 0.6 is 0 Å². The number of hydrogen-bond donors (Lipinski definition) is 1. The number of ether oxygens (including phenoxy) is 2. The molecular formula is C19H16F5NO4. The topological polar surface area (TPSA) is 64.6 Å². The molecule has 0 saturated carbocycles. The fraction of sp³-hybridized carbons (Fsp3) is 0.263. The Kier molecular flexibility index (Phi) is 7.13. The van der Waals surface area contributed by atoms with Crippen LogP contribution in [0.3, 0.4) is 0 Å². The standard InChI is InChI=1S/C19H16F5NO4/c1-28-17(26)15(25-18(27)29-10-11-5-3-2-4-6-11)9-12-7-13(20)16(14(21)8-12)19(22,23)24/h2-8,15H,9-10H2,1H3,(H,25,27). The molecule has 0 radical (unpaired) electrons. The highest BCUT2D eigenvalue weighted by molar-refractivity contribution is 5.81. The van der Waals surface area contributed by atoms with E-state index in [4.69, 9.17) is 4.74 Å². The predicted octanol–water partition coefficient (Wildman–Crippen LogP) is 3.99. The van der Waals surface area contributed by atoms with Crippen LogP contribution in [-0.4, -0.2) is 25.2 Å². The number of methoxy groups -OCH3 is 1. The van der Waals surface area contributed by atoms with Gasteiger partial charge in [0.1, 0.15) is 29.8 Å². The first-order chi connectivity index (χ1) is 13.6. The molecule has 0 aliphatic carbocycles. The van der Waals surface area contributed by atoms with Crippen molar-refractivity contribution in [1.29, 1.82) is 0 Å². The monoisotopic (exact) mass is 417 g/mol. The number of alkyl halides is 3. The number of esters is 1. The van der Waals surface area contributed by atoms with E-state index in [0.29, 0.717) is 17.7 Å². The summed E-state index contributed by atoms with van der Waals surface area (Å²) >= 11 is 0. The van der Waals surface area contributed by atoms with Gasteiger partial charge in [-0.3, -0.25) is 0 Å². The maximum atomic E-state index is 13.7. The van der Waals surface area contributed by atoms with Gasteiger partial charge in [0.15, 0.2) is 0 Å². The largest absolute Gasteiger partial charge is 0.467 e. The second kappa shape index (κ2) is 9.35. The normalized spacial score (nSPS) is 12.2. The van der Waals surface area contributed by atoms with Crippen LogP contribution in [0.25, 0.3) is 0 Å². The lowest BCUT2D eigenvalue weighted by atomic mass is 10.0. The molecule has 5 nitrogen and oxygen atoms in total. The van der Waals surface area contributed by atoms with E-state index in [2.05, 4.69) is 10.1 Å². The van der Waals surface area contributed by atoms with Crippen LogP contribution < -0.4 is 5.32 Å². The molecule has 1 atom stereocenters. The van der Waals surface area contributed by atoms with Gasteiger partial charge in [-0.05, 0) is 23.3 Å². The molecule has 2 rings (SSSR count). The minimum absolute atomic E-state index is 0.107. The van der Waals surface area contributed by atoms with E-state index in [1.807, 2.05) is 0 Å². The number of nitrogens with one attached hydrogen (secondary N) is 1. The molecule has 10 heteroatoms. The molecule has 0 aliphatic heterocycles. The van der Waals surface area contributed by atoms with Gasteiger partial charge in [0.05, 0.1) is 7.11 Å². The summed E-state index contributed by atoms with van der Waals surface area (Å²) in [6.45, 7) is -0.107. The Morgan fingerprint density at radius 2 is 1.62 bits per heavy atom. The first-order valence-corrected chi connectivity index (χ1v) is 8.22. The lowest BCUT2D eigenvalue weighted by molar-refractivity contribution is -0.143. The van der Waals surface area contributed by atoms with Crippen LogP contribution in [0, 0.1) is 11.6 Å². The molecule has 2 aromatic carbocycles. The molecule has 0 spiro atoms. The Hall–Kier alpha value is -3.17. The third kappa shape index (κ3) is 6.16. The summed E-state index contributed by atoms with van der Waals surface area (Å²) in [5.41, 5.74) is -1.65. The van der Waals surface area contributed by atoms with Crippen LogP contribution in [0.4, 0.5) is 26.7 Å². The number of hydrogen-bond acceptors (Lipinski definition) is 4. The van der Waals surface area contributed by atoms with Crippen LogP contribution in [0.2, 0.25) is 0 Å². The second-order valence-corrected chi connectivity index (χ2v) is 5.92. The third-order valence-corrected chi connectivity index (χ3v) is 3.82. The van der Waals surface area contributed by atoms with Crippen LogP contribution in [0.5, 0.6) is 0 Å². The maximum absolute atomic E-state index is 13.7. The van der Waals surface area contributed by atoms with Crippen molar-refractivity contribution in [2.45, 2.75) is 25.2 Å². The zero-order chi connectivity index (χ0) is 21.6. The minimum Gasteiger partial charge on any atom is -0.467 e. The molecule has 1 amide bonds. The smallest absolute Gasteiger partial charge is 0.422 e. The number of alkyl carbamates (subject to hydrolysis) is 1. The fourth-order valence-electron chi connectivity index (χ4n) is 2.49. The summed E-state index contributed by atoms with van der Waals surface area (Å²) in [4.78, 5) is 23.8.